The first kappa shape index (κ1) is 18.8. The normalized spacial score (nSPS) is 11.1. The highest BCUT2D eigenvalue weighted by molar-refractivity contribution is 7.21. The third-order valence-corrected chi connectivity index (χ3v) is 4.77. The Bertz CT molecular complexity index is 772. The molecule has 0 atom stereocenters. The lowest BCUT2D eigenvalue weighted by Crippen LogP contribution is -2.12. The standard InChI is InChI=1S/C20H23NO4S/c1-22-10-11-23-12-13-24-14-15-25-18-8-4-2-6-16(18)20-21-17-7-3-5-9-19(17)26-20/h2-9H,10-15H2,1H3. The third-order valence-electron chi connectivity index (χ3n) is 3.70. The number of para-hydroxylation sites is 2. The zero-order valence-corrected chi connectivity index (χ0v) is 15.7. The number of ether oxygens (including phenoxy) is 4. The number of methoxy groups -OCH3 is 1. The second kappa shape index (κ2) is 10.2. The summed E-state index contributed by atoms with van der Waals surface area (Å²) in [6, 6.07) is 16.1. The van der Waals surface area contributed by atoms with Crippen molar-refractivity contribution in [1.82, 2.24) is 4.98 Å². The van der Waals surface area contributed by atoms with E-state index in [9.17, 15) is 0 Å². The average molecular weight is 373 g/mol. The van der Waals surface area contributed by atoms with Crippen molar-refractivity contribution in [2.75, 3.05) is 46.8 Å². The molecule has 0 unspecified atom stereocenters. The van der Waals surface area contributed by atoms with Crippen LogP contribution in [0.25, 0.3) is 20.8 Å². The monoisotopic (exact) mass is 373 g/mol. The molecule has 26 heavy (non-hydrogen) atoms. The Hall–Kier alpha value is -1.99. The van der Waals surface area contributed by atoms with Crippen LogP contribution in [0.5, 0.6) is 5.75 Å². The number of hydrogen-bond donors (Lipinski definition) is 0. The van der Waals surface area contributed by atoms with Crippen molar-refractivity contribution in [3.63, 3.8) is 0 Å². The van der Waals surface area contributed by atoms with Crippen LogP contribution in [0.4, 0.5) is 0 Å². The predicted molar refractivity (Wildman–Crippen MR) is 104 cm³/mol. The van der Waals surface area contributed by atoms with E-state index in [1.54, 1.807) is 18.4 Å². The first-order valence-electron chi connectivity index (χ1n) is 8.60. The van der Waals surface area contributed by atoms with Gasteiger partial charge in [-0.1, -0.05) is 24.3 Å². The molecular weight excluding hydrogens is 350 g/mol. The van der Waals surface area contributed by atoms with E-state index in [4.69, 9.17) is 23.9 Å². The van der Waals surface area contributed by atoms with Crippen molar-refractivity contribution >= 4 is 21.6 Å². The fraction of sp³-hybridized carbons (Fsp3) is 0.350. The van der Waals surface area contributed by atoms with Crippen LogP contribution in [0.2, 0.25) is 0 Å². The van der Waals surface area contributed by atoms with E-state index in [2.05, 4.69) is 6.07 Å². The second-order valence-electron chi connectivity index (χ2n) is 5.55. The van der Waals surface area contributed by atoms with E-state index in [0.717, 1.165) is 21.8 Å². The van der Waals surface area contributed by atoms with Gasteiger partial charge in [0.2, 0.25) is 0 Å². The minimum absolute atomic E-state index is 0.486. The van der Waals surface area contributed by atoms with Crippen LogP contribution in [0.15, 0.2) is 48.5 Å². The van der Waals surface area contributed by atoms with Crippen molar-refractivity contribution in [3.05, 3.63) is 48.5 Å². The van der Waals surface area contributed by atoms with Gasteiger partial charge in [-0.15, -0.1) is 11.3 Å². The molecule has 0 radical (unpaired) electrons. The van der Waals surface area contributed by atoms with Crippen LogP contribution in [-0.2, 0) is 14.2 Å². The summed E-state index contributed by atoms with van der Waals surface area (Å²) in [4.78, 5) is 4.72. The summed E-state index contributed by atoms with van der Waals surface area (Å²) < 4.78 is 22.9. The molecule has 1 aromatic heterocycles. The van der Waals surface area contributed by atoms with Gasteiger partial charge in [0.25, 0.3) is 0 Å². The smallest absolute Gasteiger partial charge is 0.129 e. The number of benzene rings is 2. The van der Waals surface area contributed by atoms with Crippen molar-refractivity contribution in [1.29, 1.82) is 0 Å². The zero-order valence-electron chi connectivity index (χ0n) is 14.8. The van der Waals surface area contributed by atoms with E-state index in [-0.39, 0.29) is 0 Å². The Kier molecular flexibility index (Phi) is 7.39. The molecule has 138 valence electrons. The molecule has 0 bridgehead atoms. The molecule has 0 fully saturated rings. The lowest BCUT2D eigenvalue weighted by atomic mass is 10.2. The van der Waals surface area contributed by atoms with Gasteiger partial charge in [-0.2, -0.15) is 0 Å². The van der Waals surface area contributed by atoms with Crippen LogP contribution in [0, 0.1) is 0 Å². The molecule has 3 aromatic rings. The number of hydrogen-bond acceptors (Lipinski definition) is 6. The van der Waals surface area contributed by atoms with Crippen LogP contribution in [0.1, 0.15) is 0 Å². The Morgan fingerprint density at radius 1 is 0.808 bits per heavy atom. The van der Waals surface area contributed by atoms with E-state index >= 15 is 0 Å². The fourth-order valence-electron chi connectivity index (χ4n) is 2.43. The number of fused-ring (bicyclic) bond motifs is 1. The van der Waals surface area contributed by atoms with E-state index < -0.39 is 0 Å². The highest BCUT2D eigenvalue weighted by atomic mass is 32.1. The predicted octanol–water partition coefficient (Wildman–Crippen LogP) is 4.02. The Morgan fingerprint density at radius 2 is 1.50 bits per heavy atom. The van der Waals surface area contributed by atoms with Crippen molar-refractivity contribution in [3.8, 4) is 16.3 Å². The minimum atomic E-state index is 0.486. The van der Waals surface area contributed by atoms with Crippen molar-refractivity contribution in [2.45, 2.75) is 0 Å². The maximum Gasteiger partial charge on any atom is 0.129 e. The van der Waals surface area contributed by atoms with Gasteiger partial charge in [0.1, 0.15) is 17.4 Å². The lowest BCUT2D eigenvalue weighted by Gasteiger charge is -2.10. The molecule has 0 spiro atoms. The highest BCUT2D eigenvalue weighted by Crippen LogP contribution is 2.35. The molecule has 3 rings (SSSR count). The minimum Gasteiger partial charge on any atom is -0.490 e. The van der Waals surface area contributed by atoms with Crippen LogP contribution in [-0.4, -0.2) is 51.7 Å². The second-order valence-corrected chi connectivity index (χ2v) is 6.58. The molecule has 0 N–H and O–H groups in total. The summed E-state index contributed by atoms with van der Waals surface area (Å²) in [6.07, 6.45) is 0. The summed E-state index contributed by atoms with van der Waals surface area (Å²) in [5.41, 5.74) is 2.02. The molecule has 0 aliphatic carbocycles. The maximum atomic E-state index is 5.91. The van der Waals surface area contributed by atoms with Crippen LogP contribution in [0.3, 0.4) is 0 Å². The SMILES string of the molecule is COCCOCCOCCOc1ccccc1-c1nc2ccccc2s1. The van der Waals surface area contributed by atoms with E-state index in [1.807, 2.05) is 42.5 Å². The molecule has 0 amide bonds. The molecule has 1 heterocycles. The zero-order chi connectivity index (χ0) is 18.0. The van der Waals surface area contributed by atoms with Gasteiger partial charge in [0, 0.05) is 7.11 Å². The number of aromatic nitrogens is 1. The molecule has 5 nitrogen and oxygen atoms in total. The maximum absolute atomic E-state index is 5.91. The van der Waals surface area contributed by atoms with Crippen molar-refractivity contribution < 1.29 is 18.9 Å². The van der Waals surface area contributed by atoms with Crippen LogP contribution < -0.4 is 4.74 Å². The summed E-state index contributed by atoms with van der Waals surface area (Å²) in [5.74, 6) is 0.825. The molecule has 6 heteroatoms. The summed E-state index contributed by atoms with van der Waals surface area (Å²) in [6.45, 7) is 3.30. The fourth-order valence-corrected chi connectivity index (χ4v) is 3.43. The van der Waals surface area contributed by atoms with Crippen molar-refractivity contribution in [2.24, 2.45) is 0 Å². The molecular formula is C20H23NO4S. The van der Waals surface area contributed by atoms with Gasteiger partial charge in [-0.05, 0) is 24.3 Å². The van der Waals surface area contributed by atoms with Gasteiger partial charge < -0.3 is 18.9 Å². The highest BCUT2D eigenvalue weighted by Gasteiger charge is 2.11. The summed E-state index contributed by atoms with van der Waals surface area (Å²) in [7, 11) is 1.66. The quantitative estimate of drug-likeness (QED) is 0.475. The topological polar surface area (TPSA) is 49.8 Å². The van der Waals surface area contributed by atoms with E-state index in [0.29, 0.717) is 39.6 Å². The molecule has 0 aliphatic rings. The summed E-state index contributed by atoms with van der Waals surface area (Å²) in [5, 5.41) is 0.967. The first-order valence-corrected chi connectivity index (χ1v) is 9.42. The number of rotatable bonds is 11. The average Bonchev–Trinajstić information content (AvgIpc) is 3.11. The summed E-state index contributed by atoms with van der Waals surface area (Å²) >= 11 is 1.67. The molecule has 0 saturated heterocycles. The molecule has 2 aromatic carbocycles. The number of thiazole rings is 1. The van der Waals surface area contributed by atoms with Gasteiger partial charge in [0.05, 0.1) is 48.8 Å². The Labute approximate surface area is 157 Å². The van der Waals surface area contributed by atoms with Gasteiger partial charge in [0.15, 0.2) is 0 Å². The lowest BCUT2D eigenvalue weighted by molar-refractivity contribution is 0.0180. The Balaban J connectivity index is 1.50. The van der Waals surface area contributed by atoms with E-state index in [1.165, 1.54) is 4.70 Å². The third kappa shape index (κ3) is 5.25. The molecule has 0 aliphatic heterocycles. The van der Waals surface area contributed by atoms with Crippen LogP contribution >= 0.6 is 11.3 Å². The largest absolute Gasteiger partial charge is 0.490 e. The molecule has 0 saturated carbocycles. The van der Waals surface area contributed by atoms with Gasteiger partial charge >= 0.3 is 0 Å². The van der Waals surface area contributed by atoms with Gasteiger partial charge in [-0.25, -0.2) is 4.98 Å². The number of nitrogens with zero attached hydrogens (tertiary/aromatic N) is 1. The first-order chi connectivity index (χ1) is 12.9. The Morgan fingerprint density at radius 3 is 2.31 bits per heavy atom. The van der Waals surface area contributed by atoms with Gasteiger partial charge in [-0.3, -0.25) is 0 Å².